The molecule has 0 saturated heterocycles. The van der Waals surface area contributed by atoms with Crippen molar-refractivity contribution in [2.45, 2.75) is 45.7 Å². The number of hydrogen-bond acceptors (Lipinski definition) is 5. The van der Waals surface area contributed by atoms with E-state index in [1.165, 1.54) is 40.5 Å². The summed E-state index contributed by atoms with van der Waals surface area (Å²) >= 11 is 1.28. The van der Waals surface area contributed by atoms with E-state index in [1.807, 2.05) is 32.9 Å². The lowest BCUT2D eigenvalue weighted by Crippen LogP contribution is -2.46. The first-order valence-electron chi connectivity index (χ1n) is 10.9. The summed E-state index contributed by atoms with van der Waals surface area (Å²) in [6, 6.07) is 11.5. The number of thiazole rings is 1. The van der Waals surface area contributed by atoms with Crippen molar-refractivity contribution in [1.82, 2.24) is 10.3 Å². The summed E-state index contributed by atoms with van der Waals surface area (Å²) in [6.45, 7) is 5.56. The largest absolute Gasteiger partial charge is 0.352 e. The maximum atomic E-state index is 13.6. The van der Waals surface area contributed by atoms with E-state index in [9.17, 15) is 18.8 Å². The van der Waals surface area contributed by atoms with Gasteiger partial charge in [0.25, 0.3) is 0 Å². The van der Waals surface area contributed by atoms with Crippen LogP contribution in [-0.4, -0.2) is 28.7 Å². The molecule has 0 bridgehead atoms. The van der Waals surface area contributed by atoms with Gasteiger partial charge >= 0.3 is 0 Å². The second-order valence-electron chi connectivity index (χ2n) is 8.10. The molecule has 0 aliphatic rings. The Bertz CT molecular complexity index is 1120. The van der Waals surface area contributed by atoms with Crippen molar-refractivity contribution in [2.75, 3.05) is 10.2 Å². The summed E-state index contributed by atoms with van der Waals surface area (Å²) in [4.78, 5) is 44.5. The quantitative estimate of drug-likeness (QED) is 0.466. The van der Waals surface area contributed by atoms with Crippen LogP contribution in [0, 0.1) is 12.7 Å². The minimum Gasteiger partial charge on any atom is -0.352 e. The zero-order valence-corrected chi connectivity index (χ0v) is 20.1. The number of nitrogens with zero attached hydrogens (tertiary/aromatic N) is 2. The molecule has 34 heavy (non-hydrogen) atoms. The first kappa shape index (κ1) is 25.0. The third-order valence-electron chi connectivity index (χ3n) is 4.95. The van der Waals surface area contributed by atoms with Crippen molar-refractivity contribution in [2.24, 2.45) is 0 Å². The highest BCUT2D eigenvalue weighted by Gasteiger charge is 2.33. The van der Waals surface area contributed by atoms with Gasteiger partial charge in [-0.2, -0.15) is 0 Å². The predicted molar refractivity (Wildman–Crippen MR) is 131 cm³/mol. The zero-order chi connectivity index (χ0) is 24.7. The molecular formula is C25H27FN4O3S. The van der Waals surface area contributed by atoms with E-state index in [0.29, 0.717) is 16.4 Å². The number of aryl methyl sites for hydroxylation is 1. The van der Waals surface area contributed by atoms with Gasteiger partial charge in [-0.05, 0) is 50.6 Å². The summed E-state index contributed by atoms with van der Waals surface area (Å²) < 4.78 is 13.6. The Kier molecular flexibility index (Phi) is 8.48. The summed E-state index contributed by atoms with van der Waals surface area (Å²) in [7, 11) is 0. The van der Waals surface area contributed by atoms with Gasteiger partial charge in [0.2, 0.25) is 17.7 Å². The second kappa shape index (κ2) is 11.5. The van der Waals surface area contributed by atoms with Crippen LogP contribution in [0.25, 0.3) is 0 Å². The average molecular weight is 483 g/mol. The molecule has 2 N–H and O–H groups in total. The number of nitrogens with one attached hydrogen (secondary N) is 2. The van der Waals surface area contributed by atoms with E-state index in [1.54, 1.807) is 23.7 Å². The van der Waals surface area contributed by atoms with Gasteiger partial charge in [0.15, 0.2) is 5.13 Å². The molecule has 1 atom stereocenters. The summed E-state index contributed by atoms with van der Waals surface area (Å²) in [6.07, 6.45) is 1.37. The number of hydrogen-bond donors (Lipinski definition) is 2. The van der Waals surface area contributed by atoms with E-state index >= 15 is 0 Å². The van der Waals surface area contributed by atoms with Crippen LogP contribution in [0.5, 0.6) is 0 Å². The molecule has 3 rings (SSSR count). The van der Waals surface area contributed by atoms with Crippen LogP contribution in [-0.2, 0) is 14.4 Å². The Labute approximate surface area is 202 Å². The molecule has 0 saturated carbocycles. The Morgan fingerprint density at radius 2 is 1.71 bits per heavy atom. The van der Waals surface area contributed by atoms with Gasteiger partial charge < -0.3 is 10.6 Å². The van der Waals surface area contributed by atoms with Crippen molar-refractivity contribution >= 4 is 39.9 Å². The molecule has 178 valence electrons. The van der Waals surface area contributed by atoms with Crippen LogP contribution in [0.3, 0.4) is 0 Å². The standard InChI is InChI=1S/C25H27FN4O3S/c1-16(2)28-24(33)23(18-6-8-19(26)9-7-18)30(20-10-4-17(3)5-11-20)22(32)13-12-21(31)29-25-27-14-15-34-25/h4-11,14-16,23H,12-13H2,1-3H3,(H,28,33)(H,27,29,31)/t23-/m1/s1. The second-order valence-corrected chi connectivity index (χ2v) is 9.00. The van der Waals surface area contributed by atoms with Gasteiger partial charge in [-0.25, -0.2) is 9.37 Å². The minimum absolute atomic E-state index is 0.0806. The number of benzene rings is 2. The van der Waals surface area contributed by atoms with Crippen molar-refractivity contribution in [1.29, 1.82) is 0 Å². The van der Waals surface area contributed by atoms with Crippen molar-refractivity contribution in [3.63, 3.8) is 0 Å². The van der Waals surface area contributed by atoms with Gasteiger partial charge in [0, 0.05) is 36.1 Å². The molecule has 0 aliphatic carbocycles. The van der Waals surface area contributed by atoms with Gasteiger partial charge in [-0.15, -0.1) is 11.3 Å². The van der Waals surface area contributed by atoms with Crippen molar-refractivity contribution in [3.8, 4) is 0 Å². The van der Waals surface area contributed by atoms with Crippen molar-refractivity contribution < 1.29 is 18.8 Å². The number of carbonyl (C=O) groups excluding carboxylic acids is 3. The van der Waals surface area contributed by atoms with Crippen LogP contribution in [0.4, 0.5) is 15.2 Å². The molecule has 1 heterocycles. The average Bonchev–Trinajstić information content (AvgIpc) is 3.30. The molecule has 0 radical (unpaired) electrons. The minimum atomic E-state index is -1.04. The van der Waals surface area contributed by atoms with Gasteiger partial charge in [-0.1, -0.05) is 29.8 Å². The topological polar surface area (TPSA) is 91.4 Å². The van der Waals surface area contributed by atoms with Gasteiger partial charge in [0.05, 0.1) is 0 Å². The number of carbonyl (C=O) groups is 3. The van der Waals surface area contributed by atoms with Gasteiger partial charge in [-0.3, -0.25) is 19.3 Å². The van der Waals surface area contributed by atoms with Crippen molar-refractivity contribution in [3.05, 3.63) is 77.1 Å². The fourth-order valence-corrected chi connectivity index (χ4v) is 3.92. The third kappa shape index (κ3) is 6.71. The monoisotopic (exact) mass is 482 g/mol. The van der Waals surface area contributed by atoms with Crippen LogP contribution < -0.4 is 15.5 Å². The highest BCUT2D eigenvalue weighted by atomic mass is 32.1. The predicted octanol–water partition coefficient (Wildman–Crippen LogP) is 4.61. The summed E-state index contributed by atoms with van der Waals surface area (Å²) in [5.74, 6) is -1.61. The van der Waals surface area contributed by atoms with Gasteiger partial charge in [0.1, 0.15) is 11.9 Å². The summed E-state index contributed by atoms with van der Waals surface area (Å²) in [5, 5.41) is 7.70. The first-order valence-corrected chi connectivity index (χ1v) is 11.8. The fourth-order valence-electron chi connectivity index (χ4n) is 3.38. The van der Waals surface area contributed by atoms with Crippen LogP contribution in [0.2, 0.25) is 0 Å². The van der Waals surface area contributed by atoms with E-state index in [0.717, 1.165) is 5.56 Å². The maximum Gasteiger partial charge on any atom is 0.248 e. The molecule has 0 spiro atoms. The molecule has 0 unspecified atom stereocenters. The number of anilines is 2. The third-order valence-corrected chi connectivity index (χ3v) is 5.64. The summed E-state index contributed by atoms with van der Waals surface area (Å²) in [5.41, 5.74) is 1.95. The molecule has 9 heteroatoms. The highest BCUT2D eigenvalue weighted by molar-refractivity contribution is 7.13. The van der Waals surface area contributed by atoms with E-state index in [2.05, 4.69) is 15.6 Å². The van der Waals surface area contributed by atoms with E-state index in [-0.39, 0.29) is 24.8 Å². The molecule has 3 amide bonds. The first-order chi connectivity index (χ1) is 16.2. The molecule has 0 fully saturated rings. The Morgan fingerprint density at radius 3 is 2.29 bits per heavy atom. The van der Waals surface area contributed by atoms with Crippen LogP contribution in [0.1, 0.15) is 43.9 Å². The normalized spacial score (nSPS) is 11.7. The Hall–Kier alpha value is -3.59. The molecule has 2 aromatic carbocycles. The lowest BCUT2D eigenvalue weighted by Gasteiger charge is -2.32. The van der Waals surface area contributed by atoms with Crippen LogP contribution >= 0.6 is 11.3 Å². The van der Waals surface area contributed by atoms with E-state index in [4.69, 9.17) is 0 Å². The lowest BCUT2D eigenvalue weighted by molar-refractivity contribution is -0.127. The molecule has 0 aliphatic heterocycles. The maximum absolute atomic E-state index is 13.6. The highest BCUT2D eigenvalue weighted by Crippen LogP contribution is 2.30. The number of halogens is 1. The number of amides is 3. The number of aromatic nitrogens is 1. The SMILES string of the molecule is Cc1ccc(N(C(=O)CCC(=O)Nc2nccs2)[C@@H](C(=O)NC(C)C)c2ccc(F)cc2)cc1. The molecule has 3 aromatic rings. The van der Waals surface area contributed by atoms with Crippen LogP contribution in [0.15, 0.2) is 60.1 Å². The molecular weight excluding hydrogens is 455 g/mol. The molecule has 7 nitrogen and oxygen atoms in total. The van der Waals surface area contributed by atoms with E-state index < -0.39 is 23.7 Å². The molecule has 1 aromatic heterocycles. The Morgan fingerprint density at radius 1 is 1.03 bits per heavy atom. The lowest BCUT2D eigenvalue weighted by atomic mass is 10.0. The zero-order valence-electron chi connectivity index (χ0n) is 19.2. The fraction of sp³-hybridized carbons (Fsp3) is 0.280. The Balaban J connectivity index is 1.93. The number of rotatable bonds is 9. The smallest absolute Gasteiger partial charge is 0.248 e.